The van der Waals surface area contributed by atoms with Crippen LogP contribution in [-0.2, 0) is 9.59 Å². The summed E-state index contributed by atoms with van der Waals surface area (Å²) < 4.78 is 0. The van der Waals surface area contributed by atoms with Crippen molar-refractivity contribution in [2.75, 3.05) is 0 Å². The molecule has 2 rings (SSSR count). The minimum absolute atomic E-state index is 0.247. The summed E-state index contributed by atoms with van der Waals surface area (Å²) in [6.45, 7) is 5.08. The summed E-state index contributed by atoms with van der Waals surface area (Å²) >= 11 is 0. The van der Waals surface area contributed by atoms with Crippen molar-refractivity contribution in [2.45, 2.75) is 33.5 Å². The third kappa shape index (κ3) is 3.61. The lowest BCUT2D eigenvalue weighted by Gasteiger charge is -2.33. The second kappa shape index (κ2) is 6.90. The molecule has 26 heavy (non-hydrogen) atoms. The van der Waals surface area contributed by atoms with E-state index in [1.807, 2.05) is 0 Å². The van der Waals surface area contributed by atoms with Crippen LogP contribution in [0.3, 0.4) is 0 Å². The van der Waals surface area contributed by atoms with Crippen molar-refractivity contribution in [1.29, 1.82) is 0 Å². The molecular weight excluding hydrogens is 336 g/mol. The van der Waals surface area contributed by atoms with Crippen LogP contribution in [0.15, 0.2) is 35.9 Å². The zero-order chi connectivity index (χ0) is 19.8. The molecule has 1 atom stereocenters. The highest BCUT2D eigenvalue weighted by molar-refractivity contribution is 6.04. The van der Waals surface area contributed by atoms with Gasteiger partial charge in [-0.3, -0.25) is 19.2 Å². The fourth-order valence-electron chi connectivity index (χ4n) is 2.91. The molecule has 6 heteroatoms. The van der Waals surface area contributed by atoms with E-state index in [-0.39, 0.29) is 17.1 Å². The van der Waals surface area contributed by atoms with Crippen molar-refractivity contribution in [2.24, 2.45) is 5.92 Å². The smallest absolute Gasteiger partial charge is 0.206 e. The largest absolute Gasteiger partial charge is 0.361 e. The van der Waals surface area contributed by atoms with Crippen LogP contribution in [0.25, 0.3) is 5.57 Å². The maximum absolute atomic E-state index is 11.9. The van der Waals surface area contributed by atoms with Gasteiger partial charge in [0.05, 0.1) is 11.5 Å². The molecule has 0 fully saturated rings. The van der Waals surface area contributed by atoms with Crippen LogP contribution in [0.5, 0.6) is 0 Å². The van der Waals surface area contributed by atoms with Gasteiger partial charge in [-0.1, -0.05) is 6.08 Å². The fourth-order valence-corrected chi connectivity index (χ4v) is 2.91. The zero-order valence-electron chi connectivity index (χ0n) is 15.0. The predicted molar refractivity (Wildman–Crippen MR) is 94.5 cm³/mol. The molecule has 136 valence electrons. The van der Waals surface area contributed by atoms with Gasteiger partial charge < -0.3 is 10.2 Å². The predicted octanol–water partition coefficient (Wildman–Crippen LogP) is 1.89. The molecule has 0 saturated heterocycles. The third-order valence-electron chi connectivity index (χ3n) is 4.37. The molecule has 0 radical (unpaired) electrons. The molecule has 0 heterocycles. The summed E-state index contributed by atoms with van der Waals surface area (Å²) in [5, 5.41) is 20.6. The average Bonchev–Trinajstić information content (AvgIpc) is 2.53. The van der Waals surface area contributed by atoms with Crippen molar-refractivity contribution in [3.8, 4) is 0 Å². The van der Waals surface area contributed by atoms with Gasteiger partial charge >= 0.3 is 0 Å². The average molecular weight is 356 g/mol. The second-order valence-electron chi connectivity index (χ2n) is 6.46. The lowest BCUT2D eigenvalue weighted by molar-refractivity contribution is -0.169. The molecule has 1 aliphatic carbocycles. The Kier molecular flexibility index (Phi) is 5.21. The number of allylic oxidation sites excluding steroid dienone is 2. The zero-order valence-corrected chi connectivity index (χ0v) is 15.0. The number of hydrogen-bond donors (Lipinski definition) is 2. The van der Waals surface area contributed by atoms with Crippen LogP contribution in [0, 0.1) is 5.92 Å². The van der Waals surface area contributed by atoms with Crippen molar-refractivity contribution in [3.63, 3.8) is 0 Å². The van der Waals surface area contributed by atoms with Crippen LogP contribution in [0.1, 0.15) is 54.0 Å². The van der Waals surface area contributed by atoms with E-state index in [4.69, 9.17) is 0 Å². The highest BCUT2D eigenvalue weighted by Crippen LogP contribution is 2.36. The van der Waals surface area contributed by atoms with Gasteiger partial charge in [0.2, 0.25) is 5.79 Å². The van der Waals surface area contributed by atoms with E-state index in [9.17, 15) is 29.4 Å². The van der Waals surface area contributed by atoms with Crippen LogP contribution in [0.2, 0.25) is 0 Å². The standard InChI is InChI=1S/C20H20O6/c1-10(21)14-5-15(11(2)22)7-16(6-14)17-8-18(12(3)23)20(25,26)19(9-17)13(4)24/h5-9,18,25-26H,1-4H3. The van der Waals surface area contributed by atoms with E-state index in [0.29, 0.717) is 22.3 Å². The Labute approximate surface area is 150 Å². The number of ketones is 4. The normalized spacial score (nSPS) is 18.6. The van der Waals surface area contributed by atoms with Crippen LogP contribution >= 0.6 is 0 Å². The molecular formula is C20H20O6. The van der Waals surface area contributed by atoms with E-state index in [1.54, 1.807) is 0 Å². The summed E-state index contributed by atoms with van der Waals surface area (Å²) in [5.41, 5.74) is 1.07. The highest BCUT2D eigenvalue weighted by atomic mass is 16.5. The maximum atomic E-state index is 11.9. The molecule has 1 unspecified atom stereocenters. The molecule has 0 bridgehead atoms. The maximum Gasteiger partial charge on any atom is 0.206 e. The number of carbonyl (C=O) groups excluding carboxylic acids is 4. The summed E-state index contributed by atoms with van der Waals surface area (Å²) in [6.07, 6.45) is 2.60. The van der Waals surface area contributed by atoms with E-state index in [1.165, 1.54) is 58.0 Å². The SMILES string of the molecule is CC(=O)C1=CC(c2cc(C(C)=O)cc(C(C)=O)c2)=CC(C(C)=O)C1(O)O. The van der Waals surface area contributed by atoms with Crippen molar-refractivity contribution >= 4 is 28.7 Å². The monoisotopic (exact) mass is 356 g/mol. The van der Waals surface area contributed by atoms with Gasteiger partial charge in [-0.05, 0) is 63.1 Å². The lowest BCUT2D eigenvalue weighted by atomic mass is 9.79. The Hall–Kier alpha value is -2.70. The molecule has 2 N–H and O–H groups in total. The molecule has 1 aromatic rings. The van der Waals surface area contributed by atoms with E-state index < -0.39 is 23.3 Å². The van der Waals surface area contributed by atoms with Gasteiger partial charge in [0, 0.05) is 11.1 Å². The van der Waals surface area contributed by atoms with Crippen molar-refractivity contribution in [1.82, 2.24) is 0 Å². The Morgan fingerprint density at radius 3 is 1.73 bits per heavy atom. The third-order valence-corrected chi connectivity index (χ3v) is 4.37. The first kappa shape index (κ1) is 19.6. The van der Waals surface area contributed by atoms with Crippen LogP contribution in [-0.4, -0.2) is 39.1 Å². The molecule has 0 saturated carbocycles. The van der Waals surface area contributed by atoms with Crippen LogP contribution < -0.4 is 0 Å². The van der Waals surface area contributed by atoms with Gasteiger partial charge in [0.25, 0.3) is 0 Å². The number of carbonyl (C=O) groups is 4. The fraction of sp³-hybridized carbons (Fsp3) is 0.300. The van der Waals surface area contributed by atoms with Gasteiger partial charge in [0.15, 0.2) is 17.3 Å². The first-order valence-corrected chi connectivity index (χ1v) is 8.02. The minimum atomic E-state index is -2.61. The second-order valence-corrected chi connectivity index (χ2v) is 6.46. The number of benzene rings is 1. The number of Topliss-reactive ketones (excluding diaryl/α,β-unsaturated/α-hetero) is 4. The summed E-state index contributed by atoms with van der Waals surface area (Å²) in [6, 6.07) is 4.54. The van der Waals surface area contributed by atoms with E-state index in [0.717, 1.165) is 0 Å². The molecule has 1 aromatic carbocycles. The first-order valence-electron chi connectivity index (χ1n) is 8.02. The van der Waals surface area contributed by atoms with Crippen LogP contribution in [0.4, 0.5) is 0 Å². The Morgan fingerprint density at radius 1 is 0.846 bits per heavy atom. The molecule has 0 amide bonds. The Morgan fingerprint density at radius 2 is 1.35 bits per heavy atom. The summed E-state index contributed by atoms with van der Waals surface area (Å²) in [4.78, 5) is 47.3. The number of rotatable bonds is 5. The van der Waals surface area contributed by atoms with Gasteiger partial charge in [-0.25, -0.2) is 0 Å². The molecule has 6 nitrogen and oxygen atoms in total. The molecule has 0 aliphatic heterocycles. The van der Waals surface area contributed by atoms with Gasteiger partial charge in [-0.2, -0.15) is 0 Å². The summed E-state index contributed by atoms with van der Waals surface area (Å²) in [7, 11) is 0. The highest BCUT2D eigenvalue weighted by Gasteiger charge is 2.44. The minimum Gasteiger partial charge on any atom is -0.361 e. The molecule has 1 aliphatic rings. The van der Waals surface area contributed by atoms with Crippen molar-refractivity contribution < 1.29 is 29.4 Å². The van der Waals surface area contributed by atoms with E-state index >= 15 is 0 Å². The molecule has 0 aromatic heterocycles. The number of hydrogen-bond acceptors (Lipinski definition) is 6. The molecule has 0 spiro atoms. The lowest BCUT2D eigenvalue weighted by Crippen LogP contribution is -2.46. The quantitative estimate of drug-likeness (QED) is 0.616. The Bertz CT molecular complexity index is 853. The van der Waals surface area contributed by atoms with Gasteiger partial charge in [-0.15, -0.1) is 0 Å². The Balaban J connectivity index is 2.73. The summed E-state index contributed by atoms with van der Waals surface area (Å²) in [5.74, 6) is -5.58. The topological polar surface area (TPSA) is 109 Å². The number of aliphatic hydroxyl groups is 2. The van der Waals surface area contributed by atoms with Crippen molar-refractivity contribution in [3.05, 3.63) is 52.6 Å². The van der Waals surface area contributed by atoms with E-state index in [2.05, 4.69) is 0 Å². The van der Waals surface area contributed by atoms with Gasteiger partial charge in [0.1, 0.15) is 5.78 Å². The first-order chi connectivity index (χ1) is 11.9.